The number of para-hydroxylation sites is 2. The molecule has 13 aromatic rings. The maximum atomic E-state index is 6.56. The summed E-state index contributed by atoms with van der Waals surface area (Å²) in [5.74, 6) is 1.67. The highest BCUT2D eigenvalue weighted by Gasteiger charge is 2.37. The van der Waals surface area contributed by atoms with E-state index in [0.717, 1.165) is 77.4 Å². The molecular weight excluding hydrogens is 809 g/mol. The van der Waals surface area contributed by atoms with Gasteiger partial charge < -0.3 is 13.4 Å². The number of hydrogen-bond acceptors (Lipinski definition) is 5. The quantitative estimate of drug-likeness (QED) is 0.173. The molecule has 0 unspecified atom stereocenters. The number of hydrogen-bond donors (Lipinski definition) is 0. The van der Waals surface area contributed by atoms with E-state index in [1.807, 2.05) is 36.4 Å². The summed E-state index contributed by atoms with van der Waals surface area (Å²) in [5.41, 5.74) is 16.8. The minimum atomic E-state index is -0.0885. The monoisotopic (exact) mass is 846 g/mol. The van der Waals surface area contributed by atoms with Crippen molar-refractivity contribution >= 4 is 65.7 Å². The van der Waals surface area contributed by atoms with Crippen LogP contribution in [-0.2, 0) is 5.41 Å². The molecule has 0 fully saturated rings. The Balaban J connectivity index is 0.924. The van der Waals surface area contributed by atoms with Gasteiger partial charge in [0.25, 0.3) is 0 Å². The minimum Gasteiger partial charge on any atom is -0.456 e. The van der Waals surface area contributed by atoms with Crippen LogP contribution < -0.4 is 0 Å². The van der Waals surface area contributed by atoms with Crippen LogP contribution >= 0.6 is 0 Å². The molecule has 4 heterocycles. The Morgan fingerprint density at radius 2 is 0.970 bits per heavy atom. The summed E-state index contributed by atoms with van der Waals surface area (Å²) in [4.78, 5) is 15.5. The number of fused-ring (bicyclic) bond motifs is 13. The van der Waals surface area contributed by atoms with Gasteiger partial charge in [-0.2, -0.15) is 0 Å². The second-order valence-corrected chi connectivity index (χ2v) is 17.9. The van der Waals surface area contributed by atoms with E-state index in [0.29, 0.717) is 17.5 Å². The Bertz CT molecular complexity index is 4140. The molecule has 0 amide bonds. The van der Waals surface area contributed by atoms with Crippen LogP contribution in [0.25, 0.3) is 128 Å². The lowest BCUT2D eigenvalue weighted by molar-refractivity contribution is 0.661. The fourth-order valence-corrected chi connectivity index (χ4v) is 10.7. The van der Waals surface area contributed by atoms with Crippen LogP contribution in [0.2, 0.25) is 0 Å². The molecule has 0 radical (unpaired) electrons. The average Bonchev–Trinajstić information content (AvgIpc) is 4.10. The molecule has 9 aromatic carbocycles. The second-order valence-electron chi connectivity index (χ2n) is 17.9. The standard InChI is InChI=1S/C60H38N4O2/c1-60(2)46-19-9-6-16-43(46)55-47(60)31-32-49-56(55)44-17-7-10-20-48(44)64(49)39-27-23-36(24-28-39)57-61-58(37-25-29-42-41-15-8-11-21-50(41)65-52(42)33-37)63-59(62-57)38-26-30-45-53(34-38)66-51-22-12-18-40(54(45)51)35-13-4-3-5-14-35/h3-34H,1-2H3. The van der Waals surface area contributed by atoms with E-state index >= 15 is 0 Å². The average molecular weight is 847 g/mol. The van der Waals surface area contributed by atoms with Gasteiger partial charge in [-0.05, 0) is 106 Å². The molecule has 6 nitrogen and oxygen atoms in total. The van der Waals surface area contributed by atoms with Gasteiger partial charge in [0, 0.05) is 60.1 Å². The first kappa shape index (κ1) is 36.8. The lowest BCUT2D eigenvalue weighted by Crippen LogP contribution is -2.14. The van der Waals surface area contributed by atoms with Crippen LogP contribution in [0, 0.1) is 0 Å². The van der Waals surface area contributed by atoms with Crippen molar-refractivity contribution in [3.05, 3.63) is 205 Å². The van der Waals surface area contributed by atoms with Crippen LogP contribution in [0.4, 0.5) is 0 Å². The van der Waals surface area contributed by atoms with Crippen molar-refractivity contribution in [1.29, 1.82) is 0 Å². The molecular formula is C60H38N4O2. The molecule has 1 aliphatic rings. The number of furan rings is 2. The molecule has 0 saturated carbocycles. The maximum Gasteiger partial charge on any atom is 0.164 e. The summed E-state index contributed by atoms with van der Waals surface area (Å²) in [5, 5.41) is 6.78. The van der Waals surface area contributed by atoms with Gasteiger partial charge in [0.15, 0.2) is 17.5 Å². The Kier molecular flexibility index (Phi) is 7.64. The Labute approximate surface area is 379 Å². The molecule has 6 heteroatoms. The molecule has 4 aromatic heterocycles. The van der Waals surface area contributed by atoms with Gasteiger partial charge in [-0.3, -0.25) is 0 Å². The first-order chi connectivity index (χ1) is 32.5. The van der Waals surface area contributed by atoms with Crippen molar-refractivity contribution in [1.82, 2.24) is 19.5 Å². The van der Waals surface area contributed by atoms with Gasteiger partial charge in [-0.15, -0.1) is 0 Å². The summed E-state index contributed by atoms with van der Waals surface area (Å²) >= 11 is 0. The van der Waals surface area contributed by atoms with Gasteiger partial charge >= 0.3 is 0 Å². The molecule has 310 valence electrons. The second kappa shape index (κ2) is 13.7. The highest BCUT2D eigenvalue weighted by atomic mass is 16.3. The highest BCUT2D eigenvalue weighted by Crippen LogP contribution is 2.53. The molecule has 0 N–H and O–H groups in total. The van der Waals surface area contributed by atoms with Crippen molar-refractivity contribution in [2.24, 2.45) is 0 Å². The first-order valence-electron chi connectivity index (χ1n) is 22.4. The van der Waals surface area contributed by atoms with Crippen molar-refractivity contribution in [3.8, 4) is 62.1 Å². The summed E-state index contributed by atoms with van der Waals surface area (Å²) in [6.07, 6.45) is 0. The van der Waals surface area contributed by atoms with Gasteiger partial charge in [0.05, 0.1) is 11.0 Å². The van der Waals surface area contributed by atoms with Gasteiger partial charge in [-0.1, -0.05) is 135 Å². The summed E-state index contributed by atoms with van der Waals surface area (Å²) < 4.78 is 15.3. The lowest BCUT2D eigenvalue weighted by Gasteiger charge is -2.21. The predicted molar refractivity (Wildman–Crippen MR) is 268 cm³/mol. The van der Waals surface area contributed by atoms with Gasteiger partial charge in [-0.25, -0.2) is 15.0 Å². The predicted octanol–water partition coefficient (Wildman–Crippen LogP) is 15.7. The molecule has 0 saturated heterocycles. The first-order valence-corrected chi connectivity index (χ1v) is 22.4. The third kappa shape index (κ3) is 5.33. The summed E-state index contributed by atoms with van der Waals surface area (Å²) in [6.45, 7) is 4.69. The fourth-order valence-electron chi connectivity index (χ4n) is 10.7. The van der Waals surface area contributed by atoms with Gasteiger partial charge in [0.1, 0.15) is 22.3 Å². The molecule has 66 heavy (non-hydrogen) atoms. The van der Waals surface area contributed by atoms with Crippen molar-refractivity contribution in [2.75, 3.05) is 0 Å². The molecule has 0 bridgehead atoms. The number of rotatable bonds is 5. The molecule has 14 rings (SSSR count). The molecule has 0 aliphatic heterocycles. The number of nitrogens with zero attached hydrogens (tertiary/aromatic N) is 4. The van der Waals surface area contributed by atoms with Crippen molar-refractivity contribution < 1.29 is 8.83 Å². The topological polar surface area (TPSA) is 69.9 Å². The fraction of sp³-hybridized carbons (Fsp3) is 0.0500. The van der Waals surface area contributed by atoms with Crippen LogP contribution in [0.3, 0.4) is 0 Å². The smallest absolute Gasteiger partial charge is 0.164 e. The third-order valence-electron chi connectivity index (χ3n) is 13.9. The zero-order valence-corrected chi connectivity index (χ0v) is 36.1. The Hall–Kier alpha value is -8.61. The van der Waals surface area contributed by atoms with Crippen molar-refractivity contribution in [3.63, 3.8) is 0 Å². The molecule has 0 atom stereocenters. The van der Waals surface area contributed by atoms with Gasteiger partial charge in [0.2, 0.25) is 0 Å². The van der Waals surface area contributed by atoms with E-state index in [2.05, 4.69) is 176 Å². The third-order valence-corrected chi connectivity index (χ3v) is 13.9. The maximum absolute atomic E-state index is 6.56. The zero-order valence-electron chi connectivity index (χ0n) is 36.1. The Morgan fingerprint density at radius 1 is 0.379 bits per heavy atom. The highest BCUT2D eigenvalue weighted by molar-refractivity contribution is 6.18. The van der Waals surface area contributed by atoms with E-state index in [-0.39, 0.29) is 5.41 Å². The van der Waals surface area contributed by atoms with Crippen LogP contribution in [-0.4, -0.2) is 19.5 Å². The van der Waals surface area contributed by atoms with Crippen LogP contribution in [0.1, 0.15) is 25.0 Å². The SMILES string of the molecule is CC1(C)c2ccccc2-c2c1ccc1c2c2ccccc2n1-c1ccc(-c2nc(-c3ccc4c(c3)oc3ccccc34)nc(-c3ccc4c(c3)oc3cccc(-c5ccccc5)c34)n2)cc1. The van der Waals surface area contributed by atoms with E-state index in [9.17, 15) is 0 Å². The van der Waals surface area contributed by atoms with Crippen LogP contribution in [0.15, 0.2) is 203 Å². The number of benzene rings is 9. The van der Waals surface area contributed by atoms with E-state index in [1.54, 1.807) is 0 Å². The van der Waals surface area contributed by atoms with E-state index in [4.69, 9.17) is 23.8 Å². The Morgan fingerprint density at radius 3 is 1.77 bits per heavy atom. The minimum absolute atomic E-state index is 0.0885. The molecule has 0 spiro atoms. The number of aromatic nitrogens is 4. The largest absolute Gasteiger partial charge is 0.456 e. The van der Waals surface area contributed by atoms with Crippen LogP contribution in [0.5, 0.6) is 0 Å². The zero-order chi connectivity index (χ0) is 43.7. The van der Waals surface area contributed by atoms with E-state index in [1.165, 1.54) is 44.1 Å². The summed E-state index contributed by atoms with van der Waals surface area (Å²) in [7, 11) is 0. The summed E-state index contributed by atoms with van der Waals surface area (Å²) in [6, 6.07) is 68.2. The molecule has 1 aliphatic carbocycles. The normalized spacial score (nSPS) is 13.1. The van der Waals surface area contributed by atoms with Crippen molar-refractivity contribution in [2.45, 2.75) is 19.3 Å². The van der Waals surface area contributed by atoms with E-state index < -0.39 is 0 Å². The lowest BCUT2D eigenvalue weighted by atomic mass is 9.82.